The Hall–Kier alpha value is 2.47. The third kappa shape index (κ3) is 77.6. The maximum Gasteiger partial charge on any atom is 1.00 e. The fourth-order valence-corrected chi connectivity index (χ4v) is 0. The summed E-state index contributed by atoms with van der Waals surface area (Å²) in [5, 5.41) is 0. The molecule has 0 fully saturated rings. The van der Waals surface area contributed by atoms with E-state index in [0.29, 0.717) is 0 Å². The summed E-state index contributed by atoms with van der Waals surface area (Å²) in [5.41, 5.74) is 0. The molecule has 4 nitrogen and oxygen atoms in total. The van der Waals surface area contributed by atoms with Crippen molar-refractivity contribution in [3.8, 4) is 0 Å². The van der Waals surface area contributed by atoms with Crippen LogP contribution in [0.15, 0.2) is 0 Å². The zero-order chi connectivity index (χ0) is 4.50. The van der Waals surface area contributed by atoms with Crippen molar-refractivity contribution in [2.75, 3.05) is 0 Å². The molecule has 0 rings (SSSR count). The largest absolute Gasteiger partial charge is 1.00 e. The predicted molar refractivity (Wildman–Crippen MR) is 17.6 cm³/mol. The van der Waals surface area contributed by atoms with Crippen molar-refractivity contribution in [2.24, 2.45) is 0 Å². The van der Waals surface area contributed by atoms with E-state index in [1.165, 1.54) is 0 Å². The average molecular weight is 150 g/mol. The third-order valence-corrected chi connectivity index (χ3v) is 0. The van der Waals surface area contributed by atoms with Crippen molar-refractivity contribution in [3.05, 3.63) is 0 Å². The van der Waals surface area contributed by atoms with Crippen molar-refractivity contribution in [2.45, 2.75) is 0 Å². The van der Waals surface area contributed by atoms with Gasteiger partial charge in [0, 0.05) is 10.4 Å². The molecule has 0 saturated heterocycles. The van der Waals surface area contributed by atoms with Crippen LogP contribution in [0.25, 0.3) is 0 Å². The second kappa shape index (κ2) is 9.47. The van der Waals surface area contributed by atoms with Crippen LogP contribution in [0.2, 0.25) is 0 Å². The van der Waals surface area contributed by atoms with Crippen molar-refractivity contribution < 1.29 is 76.6 Å². The normalized spacial score (nSPS) is 7.25. The number of hydrogen-bond acceptors (Lipinski definition) is 4. The van der Waals surface area contributed by atoms with Crippen LogP contribution < -0.4 is 59.1 Å². The minimum atomic E-state index is -5.17. The van der Waals surface area contributed by atoms with Crippen LogP contribution in [0.5, 0.6) is 0 Å². The van der Waals surface area contributed by atoms with E-state index in [0.717, 1.165) is 0 Å². The molecule has 0 aliphatic heterocycles. The zero-order valence-corrected chi connectivity index (χ0v) is 8.86. The van der Waals surface area contributed by atoms with Gasteiger partial charge in [0.1, 0.15) is 0 Å². The van der Waals surface area contributed by atoms with Gasteiger partial charge in [-0.25, -0.2) is 0 Å². The van der Waals surface area contributed by atoms with Gasteiger partial charge in [0.05, 0.1) is 0 Å². The summed E-state index contributed by atoms with van der Waals surface area (Å²) < 4.78 is 34.1. The van der Waals surface area contributed by atoms with Crippen LogP contribution in [0, 0.1) is 0 Å². The molecule has 0 atom stereocenters. The summed E-state index contributed by atoms with van der Waals surface area (Å²) in [7, 11) is -5.17. The van der Waals surface area contributed by atoms with E-state index in [4.69, 9.17) is 17.5 Å². The molecule has 8 heteroatoms. The van der Waals surface area contributed by atoms with Crippen LogP contribution in [0.4, 0.5) is 0 Å². The molecule has 8 heavy (non-hydrogen) atoms. The molecule has 0 aromatic heterocycles. The molecule has 0 aliphatic rings. The van der Waals surface area contributed by atoms with E-state index in [-0.39, 0.29) is 78.0 Å². The molecule has 34 valence electrons. The average Bonchev–Trinajstić information content (AvgIpc) is 0.722. The molecule has 0 aromatic carbocycles. The summed E-state index contributed by atoms with van der Waals surface area (Å²) in [6.07, 6.45) is 0. The van der Waals surface area contributed by atoms with Gasteiger partial charge in [-0.2, -0.15) is 0 Å². The van der Waals surface area contributed by atoms with Crippen LogP contribution in [-0.4, -0.2) is 36.4 Å². The van der Waals surface area contributed by atoms with Gasteiger partial charge in [-0.15, -0.1) is 0 Å². The minimum Gasteiger partial charge on any atom is 1.00 e. The van der Waals surface area contributed by atoms with Crippen LogP contribution >= 0.6 is 0 Å². The fourth-order valence-electron chi connectivity index (χ4n) is 0. The Morgan fingerprint density at radius 1 is 1.00 bits per heavy atom. The first kappa shape index (κ1) is 22.4. The van der Waals surface area contributed by atoms with Crippen molar-refractivity contribution >= 4 is 29.3 Å². The summed E-state index contributed by atoms with van der Waals surface area (Å²) in [6, 6.07) is 0. The van der Waals surface area contributed by atoms with Crippen LogP contribution in [0.3, 0.4) is 0 Å². The summed E-state index contributed by atoms with van der Waals surface area (Å²) in [4.78, 5) is 0. The maximum absolute atomic E-state index is 8.52. The summed E-state index contributed by atoms with van der Waals surface area (Å²) in [5.74, 6) is 0. The standard InChI is InChI=1S/Li.2Na.H2O4S.H/c;;;1-5(2,3)4;/h;;;(H2,1,2,3,4);/q;2*+1;;/p-2. The van der Waals surface area contributed by atoms with Gasteiger partial charge in [0.25, 0.3) is 0 Å². The van der Waals surface area contributed by atoms with Gasteiger partial charge >= 0.3 is 78.0 Å². The van der Waals surface area contributed by atoms with Gasteiger partial charge in [-0.05, 0) is 0 Å². The Labute approximate surface area is 104 Å². The van der Waals surface area contributed by atoms with Crippen molar-refractivity contribution in [1.82, 2.24) is 0 Å². The van der Waals surface area contributed by atoms with Crippen LogP contribution in [-0.2, 0) is 10.4 Å². The molecule has 0 spiro atoms. The number of rotatable bonds is 0. The molecular weight excluding hydrogens is 149 g/mol. The van der Waals surface area contributed by atoms with Gasteiger partial charge in [0.15, 0.2) is 0 Å². The molecule has 0 aromatic rings. The second-order valence-electron chi connectivity index (χ2n) is 0.408. The topological polar surface area (TPSA) is 80.3 Å². The monoisotopic (exact) mass is 150 g/mol. The van der Waals surface area contributed by atoms with E-state index in [1.807, 2.05) is 0 Å². The molecule has 0 radical (unpaired) electrons. The Morgan fingerprint density at radius 2 is 1.00 bits per heavy atom. The first-order chi connectivity index (χ1) is 2.00. The zero-order valence-electron chi connectivity index (χ0n) is 4.04. The van der Waals surface area contributed by atoms with E-state index >= 15 is 0 Å². The van der Waals surface area contributed by atoms with Crippen molar-refractivity contribution in [3.63, 3.8) is 0 Å². The van der Waals surface area contributed by atoms with E-state index < -0.39 is 10.4 Å². The van der Waals surface area contributed by atoms with Gasteiger partial charge in [-0.3, -0.25) is 8.42 Å². The van der Waals surface area contributed by atoms with Crippen molar-refractivity contribution in [1.29, 1.82) is 0 Å². The first-order valence-corrected chi connectivity index (χ1v) is 2.00. The molecule has 0 unspecified atom stereocenters. The Bertz CT molecular complexity index is 97.2. The third-order valence-electron chi connectivity index (χ3n) is 0. The van der Waals surface area contributed by atoms with E-state index in [2.05, 4.69) is 0 Å². The fraction of sp³-hybridized carbons (Fsp3) is 0. The molecule has 0 aliphatic carbocycles. The van der Waals surface area contributed by atoms with Gasteiger partial charge < -0.3 is 9.11 Å². The Kier molecular flexibility index (Phi) is 26.5. The SMILES string of the molecule is O=S(=O)([O-])[O-].[LiH].[Na+].[Na+]. The van der Waals surface area contributed by atoms with E-state index in [9.17, 15) is 0 Å². The summed E-state index contributed by atoms with van der Waals surface area (Å²) >= 11 is 0. The molecular formula is HLiNa2O4S. The molecule has 0 N–H and O–H groups in total. The smallest absolute Gasteiger partial charge is 1.00 e. The van der Waals surface area contributed by atoms with Crippen LogP contribution in [0.1, 0.15) is 0 Å². The van der Waals surface area contributed by atoms with E-state index in [1.54, 1.807) is 0 Å². The Morgan fingerprint density at radius 3 is 1.00 bits per heavy atom. The quantitative estimate of drug-likeness (QED) is 0.195. The predicted octanol–water partition coefficient (Wildman–Crippen LogP) is -7.98. The molecule has 0 saturated carbocycles. The molecule has 0 heterocycles. The van der Waals surface area contributed by atoms with Gasteiger partial charge in [0.2, 0.25) is 0 Å². The van der Waals surface area contributed by atoms with Gasteiger partial charge in [-0.1, -0.05) is 0 Å². The molecule has 0 bridgehead atoms. The second-order valence-corrected chi connectivity index (χ2v) is 1.22. The Balaban J connectivity index is -0.0000000267. The summed E-state index contributed by atoms with van der Waals surface area (Å²) in [6.45, 7) is 0. The minimum absolute atomic E-state index is 0. The first-order valence-electron chi connectivity index (χ1n) is 0.667. The number of hydrogen-bond donors (Lipinski definition) is 0. The molecule has 0 amide bonds. The maximum atomic E-state index is 8.52.